The van der Waals surface area contributed by atoms with E-state index in [1.165, 1.54) is 29.8 Å². The van der Waals surface area contributed by atoms with E-state index in [-0.39, 0.29) is 23.1 Å². The number of benzene rings is 4. The van der Waals surface area contributed by atoms with Gasteiger partial charge in [-0.25, -0.2) is 18.7 Å². The molecule has 0 unspecified atom stereocenters. The summed E-state index contributed by atoms with van der Waals surface area (Å²) in [4.78, 5) is 26.8. The molecule has 0 bridgehead atoms. The van der Waals surface area contributed by atoms with Crippen molar-refractivity contribution in [3.8, 4) is 34.0 Å². The molecule has 9 nitrogen and oxygen atoms in total. The lowest BCUT2D eigenvalue weighted by Gasteiger charge is -2.39. The summed E-state index contributed by atoms with van der Waals surface area (Å²) in [6.45, 7) is 11.6. The van der Waals surface area contributed by atoms with E-state index in [1.54, 1.807) is 31.3 Å². The lowest BCUT2D eigenvalue weighted by atomic mass is 9.99. The van der Waals surface area contributed by atoms with Gasteiger partial charge in [0.15, 0.2) is 0 Å². The number of fused-ring (bicyclic) bond motifs is 2. The van der Waals surface area contributed by atoms with E-state index in [0.29, 0.717) is 24.3 Å². The van der Waals surface area contributed by atoms with Crippen LogP contribution in [0.5, 0.6) is 11.5 Å². The van der Waals surface area contributed by atoms with Crippen LogP contribution in [0.3, 0.4) is 0 Å². The molecule has 0 saturated carbocycles. The van der Waals surface area contributed by atoms with Gasteiger partial charge >= 0.3 is 0 Å². The van der Waals surface area contributed by atoms with Crippen molar-refractivity contribution in [2.24, 2.45) is 0 Å². The lowest BCUT2D eigenvalue weighted by molar-refractivity contribution is -0.143. The van der Waals surface area contributed by atoms with Crippen molar-refractivity contribution in [3.05, 3.63) is 144 Å². The normalized spacial score (nSPS) is 15.8. The van der Waals surface area contributed by atoms with E-state index < -0.39 is 5.54 Å². The molecule has 4 heterocycles. The van der Waals surface area contributed by atoms with Gasteiger partial charge in [-0.2, -0.15) is 0 Å². The number of hydrogen-bond donors (Lipinski definition) is 0. The van der Waals surface area contributed by atoms with Crippen LogP contribution in [0.2, 0.25) is 0 Å². The fraction of sp³-hybridized carbons (Fsp3) is 0.295. The van der Waals surface area contributed by atoms with Crippen molar-refractivity contribution in [1.29, 1.82) is 0 Å². The van der Waals surface area contributed by atoms with Crippen molar-refractivity contribution in [3.63, 3.8) is 0 Å². The quantitative estimate of drug-likeness (QED) is 0.156. The predicted octanol–water partition coefficient (Wildman–Crippen LogP) is 8.42. The van der Waals surface area contributed by atoms with E-state index in [4.69, 9.17) is 19.4 Å². The fourth-order valence-corrected chi connectivity index (χ4v) is 7.43. The fourth-order valence-electron chi connectivity index (χ4n) is 7.43. The molecule has 1 amide bonds. The molecule has 11 heteroatoms. The van der Waals surface area contributed by atoms with Gasteiger partial charge in [0.25, 0.3) is 0 Å². The largest absolute Gasteiger partial charge is 0.497 e. The number of amides is 1. The molecule has 55 heavy (non-hydrogen) atoms. The molecule has 284 valence electrons. The van der Waals surface area contributed by atoms with Gasteiger partial charge in [-0.15, -0.1) is 0 Å². The van der Waals surface area contributed by atoms with Crippen LogP contribution in [0, 0.1) is 11.6 Å². The second-order valence-corrected chi connectivity index (χ2v) is 15.2. The van der Waals surface area contributed by atoms with Gasteiger partial charge in [0.05, 0.1) is 44.2 Å². The van der Waals surface area contributed by atoms with Crippen molar-refractivity contribution in [1.82, 2.24) is 28.9 Å². The van der Waals surface area contributed by atoms with Gasteiger partial charge in [0.2, 0.25) is 5.91 Å². The highest BCUT2D eigenvalue weighted by Gasteiger charge is 2.40. The molecule has 2 aliphatic heterocycles. The molecule has 0 fully saturated rings. The average molecular weight is 745 g/mol. The Morgan fingerprint density at radius 2 is 1.15 bits per heavy atom. The summed E-state index contributed by atoms with van der Waals surface area (Å²) in [6.07, 6.45) is 3.89. The molecular weight excluding hydrogens is 699 g/mol. The smallest absolute Gasteiger partial charge is 0.248 e. The first-order valence-corrected chi connectivity index (χ1v) is 18.3. The van der Waals surface area contributed by atoms with E-state index in [9.17, 15) is 13.6 Å². The van der Waals surface area contributed by atoms with Gasteiger partial charge in [0, 0.05) is 43.2 Å². The number of rotatable bonds is 8. The SMILES string of the molecule is COc1ccc(CN2Cc3nc(-c4cccc(F)c4)cn3C(C)(C)C2)cc1.COc1ccc(CN2Cc3nc(-c4cccc(F)c4)cn3C(C)(C)C2=O)cc1. The number of ether oxygens (including phenoxy) is 2. The minimum Gasteiger partial charge on any atom is -0.497 e. The van der Waals surface area contributed by atoms with Crippen LogP contribution in [0.4, 0.5) is 8.78 Å². The molecule has 2 aromatic heterocycles. The summed E-state index contributed by atoms with van der Waals surface area (Å²) in [7, 11) is 3.31. The Hall–Kier alpha value is -5.81. The highest BCUT2D eigenvalue weighted by Crippen LogP contribution is 2.33. The van der Waals surface area contributed by atoms with Crippen molar-refractivity contribution in [2.45, 2.75) is 65.0 Å². The molecule has 0 spiro atoms. The summed E-state index contributed by atoms with van der Waals surface area (Å²) in [6, 6.07) is 28.8. The topological polar surface area (TPSA) is 77.7 Å². The first-order chi connectivity index (χ1) is 26.3. The summed E-state index contributed by atoms with van der Waals surface area (Å²) >= 11 is 0. The number of nitrogens with zero attached hydrogens (tertiary/aromatic N) is 6. The Bertz CT molecular complexity index is 2300. The second-order valence-electron chi connectivity index (χ2n) is 15.2. The number of methoxy groups -OCH3 is 2. The van der Waals surface area contributed by atoms with Crippen LogP contribution in [0.1, 0.15) is 50.5 Å². The van der Waals surface area contributed by atoms with E-state index in [1.807, 2.05) is 73.1 Å². The Kier molecular flexibility index (Phi) is 10.3. The lowest BCUT2D eigenvalue weighted by Crippen LogP contribution is -2.51. The molecule has 2 aliphatic rings. The molecule has 0 radical (unpaired) electrons. The summed E-state index contributed by atoms with van der Waals surface area (Å²) in [5.74, 6) is 2.94. The molecule has 0 aliphatic carbocycles. The molecule has 6 aromatic rings. The molecule has 0 N–H and O–H groups in total. The number of hydrogen-bond acceptors (Lipinski definition) is 6. The predicted molar refractivity (Wildman–Crippen MR) is 208 cm³/mol. The van der Waals surface area contributed by atoms with Crippen molar-refractivity contribution < 1.29 is 23.0 Å². The zero-order valence-electron chi connectivity index (χ0n) is 32.1. The van der Waals surface area contributed by atoms with E-state index in [2.05, 4.69) is 41.6 Å². The highest BCUT2D eigenvalue weighted by atomic mass is 19.1. The third-order valence-corrected chi connectivity index (χ3v) is 10.3. The van der Waals surface area contributed by atoms with Gasteiger partial charge in [-0.1, -0.05) is 48.5 Å². The molecule has 0 saturated heterocycles. The third kappa shape index (κ3) is 8.02. The average Bonchev–Trinajstić information content (AvgIpc) is 3.81. The Morgan fingerprint density at radius 3 is 1.65 bits per heavy atom. The first kappa shape index (κ1) is 37.5. The summed E-state index contributed by atoms with van der Waals surface area (Å²) in [5.41, 5.74) is 4.43. The zero-order chi connectivity index (χ0) is 38.9. The maximum Gasteiger partial charge on any atom is 0.248 e. The van der Waals surface area contributed by atoms with Crippen LogP contribution in [-0.2, 0) is 42.1 Å². The van der Waals surface area contributed by atoms with Crippen LogP contribution in [0.25, 0.3) is 22.5 Å². The van der Waals surface area contributed by atoms with Crippen LogP contribution in [-0.4, -0.2) is 55.6 Å². The number of imidazole rings is 2. The van der Waals surface area contributed by atoms with Crippen LogP contribution in [0.15, 0.2) is 109 Å². The maximum absolute atomic E-state index is 13.6. The number of carbonyl (C=O) groups is 1. The van der Waals surface area contributed by atoms with Crippen LogP contribution < -0.4 is 9.47 Å². The Balaban J connectivity index is 0.000000169. The Labute approximate surface area is 320 Å². The zero-order valence-corrected chi connectivity index (χ0v) is 32.1. The monoisotopic (exact) mass is 744 g/mol. The van der Waals surface area contributed by atoms with E-state index >= 15 is 0 Å². The minimum atomic E-state index is -0.765. The number of carbonyl (C=O) groups excluding carboxylic acids is 1. The second kappa shape index (κ2) is 15.1. The Morgan fingerprint density at radius 1 is 0.655 bits per heavy atom. The van der Waals surface area contributed by atoms with Gasteiger partial charge < -0.3 is 23.5 Å². The summed E-state index contributed by atoms with van der Waals surface area (Å²) in [5, 5.41) is 0. The first-order valence-electron chi connectivity index (χ1n) is 18.3. The van der Waals surface area contributed by atoms with E-state index in [0.717, 1.165) is 59.6 Å². The standard InChI is InChI=1S/C22H22FN3O2.C22H24FN3O/c1-22(2)21(27)25(12-15-7-9-18(28-3)10-8-15)14-20-24-19(13-26(20)22)16-5-4-6-17(23)11-16;1-22(2)15-25(12-16-7-9-19(27-3)10-8-16)14-21-24-20(13-26(21)22)17-5-4-6-18(23)11-17/h4-11,13H,12,14H2,1-3H3;4-11,13H,12,14-15H2,1-3H3. The van der Waals surface area contributed by atoms with Gasteiger partial charge in [-0.3, -0.25) is 9.69 Å². The third-order valence-electron chi connectivity index (χ3n) is 10.3. The molecule has 8 rings (SSSR count). The summed E-state index contributed by atoms with van der Waals surface area (Å²) < 4.78 is 41.8. The highest BCUT2D eigenvalue weighted by molar-refractivity contribution is 5.85. The molecule has 4 aromatic carbocycles. The van der Waals surface area contributed by atoms with Gasteiger partial charge in [-0.05, 0) is 87.4 Å². The molecular formula is C44H46F2N6O3. The number of aromatic nitrogens is 4. The number of halogens is 2. The molecule has 0 atom stereocenters. The van der Waals surface area contributed by atoms with Crippen molar-refractivity contribution in [2.75, 3.05) is 20.8 Å². The van der Waals surface area contributed by atoms with Crippen LogP contribution >= 0.6 is 0 Å². The van der Waals surface area contributed by atoms with Gasteiger partial charge in [0.1, 0.15) is 40.3 Å². The maximum atomic E-state index is 13.6. The minimum absolute atomic E-state index is 0.0269. The van der Waals surface area contributed by atoms with Crippen molar-refractivity contribution >= 4 is 5.91 Å².